The Morgan fingerprint density at radius 3 is 2.56 bits per heavy atom. The summed E-state index contributed by atoms with van der Waals surface area (Å²) in [4.78, 5) is 51.8. The minimum Gasteiger partial charge on any atom is -0.444 e. The SMILES string of the molecule is Cn1c(N2CCCC2=O)nc2nc(N3CCC[C@@H](NC(=O)OC(C)(C)C)C3)n(Cc3ccccc3Cl)c2c1=O. The third-order valence-electron chi connectivity index (χ3n) is 6.97. The summed E-state index contributed by atoms with van der Waals surface area (Å²) in [7, 11) is 1.63. The molecule has 1 atom stereocenters. The van der Waals surface area contributed by atoms with E-state index in [4.69, 9.17) is 26.3 Å². The van der Waals surface area contributed by atoms with Gasteiger partial charge in [-0.15, -0.1) is 0 Å². The number of ether oxygens (including phenoxy) is 1. The number of nitrogens with one attached hydrogen (secondary N) is 1. The quantitative estimate of drug-likeness (QED) is 0.513. The minimum absolute atomic E-state index is 0.0559. The number of halogens is 1. The van der Waals surface area contributed by atoms with E-state index in [2.05, 4.69) is 10.2 Å². The third kappa shape index (κ3) is 5.59. The first kappa shape index (κ1) is 27.0. The maximum Gasteiger partial charge on any atom is 0.407 e. The fraction of sp³-hybridized carbons (Fsp3) is 0.519. The van der Waals surface area contributed by atoms with Gasteiger partial charge in [-0.2, -0.15) is 9.97 Å². The molecule has 2 aromatic heterocycles. The van der Waals surface area contributed by atoms with Crippen molar-refractivity contribution in [3.8, 4) is 0 Å². The van der Waals surface area contributed by atoms with E-state index in [-0.39, 0.29) is 23.2 Å². The van der Waals surface area contributed by atoms with Gasteiger partial charge in [0.05, 0.1) is 6.54 Å². The van der Waals surface area contributed by atoms with Crippen LogP contribution in [0, 0.1) is 0 Å². The zero-order chi connectivity index (χ0) is 27.9. The molecular weight excluding hydrogens is 522 g/mol. The molecule has 0 radical (unpaired) electrons. The predicted octanol–water partition coefficient (Wildman–Crippen LogP) is 3.45. The molecule has 0 bridgehead atoms. The molecule has 11 nitrogen and oxygen atoms in total. The molecule has 208 valence electrons. The number of benzene rings is 1. The average Bonchev–Trinajstić information content (AvgIpc) is 3.45. The molecule has 0 aliphatic carbocycles. The van der Waals surface area contributed by atoms with Crippen LogP contribution in [-0.2, 0) is 23.1 Å². The van der Waals surface area contributed by atoms with Gasteiger partial charge in [0.15, 0.2) is 11.2 Å². The Kier molecular flexibility index (Phi) is 7.28. The first-order chi connectivity index (χ1) is 18.5. The van der Waals surface area contributed by atoms with Crippen molar-refractivity contribution in [1.29, 1.82) is 0 Å². The Morgan fingerprint density at radius 1 is 1.13 bits per heavy atom. The summed E-state index contributed by atoms with van der Waals surface area (Å²) >= 11 is 6.51. The van der Waals surface area contributed by atoms with Crippen molar-refractivity contribution in [3.05, 3.63) is 45.2 Å². The Hall–Kier alpha value is -3.60. The fourth-order valence-corrected chi connectivity index (χ4v) is 5.37. The van der Waals surface area contributed by atoms with Gasteiger partial charge < -0.3 is 15.0 Å². The van der Waals surface area contributed by atoms with E-state index in [1.165, 1.54) is 4.57 Å². The summed E-state index contributed by atoms with van der Waals surface area (Å²) in [6.07, 6.45) is 2.30. The predicted molar refractivity (Wildman–Crippen MR) is 150 cm³/mol. The number of nitrogens with zero attached hydrogens (tertiary/aromatic N) is 6. The highest BCUT2D eigenvalue weighted by Crippen LogP contribution is 2.28. The van der Waals surface area contributed by atoms with Crippen molar-refractivity contribution < 1.29 is 14.3 Å². The molecule has 4 heterocycles. The first-order valence-electron chi connectivity index (χ1n) is 13.3. The van der Waals surface area contributed by atoms with Crippen LogP contribution >= 0.6 is 11.6 Å². The maximum absolute atomic E-state index is 13.7. The maximum atomic E-state index is 13.7. The van der Waals surface area contributed by atoms with Crippen LogP contribution in [0.3, 0.4) is 0 Å². The van der Waals surface area contributed by atoms with E-state index in [1.54, 1.807) is 11.9 Å². The van der Waals surface area contributed by atoms with Crippen LogP contribution in [0.4, 0.5) is 16.7 Å². The Labute approximate surface area is 231 Å². The number of aromatic nitrogens is 4. The van der Waals surface area contributed by atoms with E-state index in [0.717, 1.165) is 24.8 Å². The summed E-state index contributed by atoms with van der Waals surface area (Å²) in [5.41, 5.74) is 0.561. The van der Waals surface area contributed by atoms with Gasteiger partial charge >= 0.3 is 6.09 Å². The monoisotopic (exact) mass is 555 g/mol. The molecule has 12 heteroatoms. The van der Waals surface area contributed by atoms with Crippen LogP contribution in [0.15, 0.2) is 29.1 Å². The van der Waals surface area contributed by atoms with Crippen LogP contribution < -0.4 is 20.7 Å². The second kappa shape index (κ2) is 10.5. The Bertz CT molecular complexity index is 1480. The van der Waals surface area contributed by atoms with Gasteiger partial charge in [0, 0.05) is 44.2 Å². The zero-order valence-corrected chi connectivity index (χ0v) is 23.5. The first-order valence-corrected chi connectivity index (χ1v) is 13.6. The van der Waals surface area contributed by atoms with E-state index in [9.17, 15) is 14.4 Å². The smallest absolute Gasteiger partial charge is 0.407 e. The molecule has 2 fully saturated rings. The summed E-state index contributed by atoms with van der Waals surface area (Å²) < 4.78 is 8.72. The van der Waals surface area contributed by atoms with E-state index in [1.807, 2.05) is 49.6 Å². The van der Waals surface area contributed by atoms with Gasteiger partial charge in [0.2, 0.25) is 17.8 Å². The summed E-state index contributed by atoms with van der Waals surface area (Å²) in [5.74, 6) is 0.807. The molecule has 2 aliphatic rings. The van der Waals surface area contributed by atoms with Crippen LogP contribution in [0.25, 0.3) is 11.2 Å². The number of carbonyl (C=O) groups excluding carboxylic acids is 2. The average molecular weight is 556 g/mol. The Morgan fingerprint density at radius 2 is 1.87 bits per heavy atom. The van der Waals surface area contributed by atoms with E-state index < -0.39 is 11.7 Å². The number of carbonyl (C=O) groups is 2. The van der Waals surface area contributed by atoms with Gasteiger partial charge in [-0.3, -0.25) is 23.6 Å². The fourth-order valence-electron chi connectivity index (χ4n) is 5.18. The number of alkyl carbamates (subject to hydrolysis) is 1. The van der Waals surface area contributed by atoms with Crippen molar-refractivity contribution in [2.75, 3.05) is 29.4 Å². The largest absolute Gasteiger partial charge is 0.444 e. The highest BCUT2D eigenvalue weighted by molar-refractivity contribution is 6.31. The van der Waals surface area contributed by atoms with Crippen molar-refractivity contribution >= 4 is 46.7 Å². The standard InChI is InChI=1S/C27H34ClN7O4/c1-27(2,3)39-26(38)29-18-10-7-13-33(16-18)25-31-22-21(35(25)15-17-9-5-6-11-19(17)28)23(37)32(4)24(30-22)34-14-8-12-20(34)36/h5-6,9,11,18H,7-8,10,12-16H2,1-4H3,(H,29,38)/t18-/m1/s1. The number of hydrogen-bond donors (Lipinski definition) is 1. The van der Waals surface area contributed by atoms with E-state index >= 15 is 0 Å². The molecule has 1 aromatic carbocycles. The van der Waals surface area contributed by atoms with Gasteiger partial charge in [0.1, 0.15) is 5.60 Å². The molecule has 3 aromatic rings. The molecule has 2 amide bonds. The third-order valence-corrected chi connectivity index (χ3v) is 7.34. The lowest BCUT2D eigenvalue weighted by atomic mass is 10.1. The summed E-state index contributed by atoms with van der Waals surface area (Å²) in [5, 5.41) is 3.55. The number of piperidine rings is 1. The van der Waals surface area contributed by atoms with Crippen molar-refractivity contribution in [3.63, 3.8) is 0 Å². The molecule has 5 rings (SSSR count). The van der Waals surface area contributed by atoms with E-state index in [0.29, 0.717) is 55.0 Å². The Balaban J connectivity index is 1.56. The molecule has 2 saturated heterocycles. The molecule has 1 N–H and O–H groups in total. The van der Waals surface area contributed by atoms with Gasteiger partial charge in [-0.25, -0.2) is 4.79 Å². The topological polar surface area (TPSA) is 115 Å². The number of hydrogen-bond acceptors (Lipinski definition) is 7. The van der Waals surface area contributed by atoms with Crippen molar-refractivity contribution in [2.24, 2.45) is 7.05 Å². The molecule has 0 saturated carbocycles. The number of rotatable bonds is 5. The zero-order valence-electron chi connectivity index (χ0n) is 22.7. The van der Waals surface area contributed by atoms with Crippen LogP contribution in [-0.4, -0.2) is 62.4 Å². The molecule has 0 spiro atoms. The summed E-state index contributed by atoms with van der Waals surface area (Å²) in [6, 6.07) is 7.32. The number of imidazole rings is 1. The number of anilines is 2. The van der Waals surface area contributed by atoms with Gasteiger partial charge in [-0.1, -0.05) is 29.8 Å². The molecule has 2 aliphatic heterocycles. The lowest BCUT2D eigenvalue weighted by Gasteiger charge is -2.34. The van der Waals surface area contributed by atoms with Gasteiger partial charge in [-0.05, 0) is 51.7 Å². The van der Waals surface area contributed by atoms with Crippen molar-refractivity contribution in [1.82, 2.24) is 24.4 Å². The summed E-state index contributed by atoms with van der Waals surface area (Å²) in [6.45, 7) is 7.49. The van der Waals surface area contributed by atoms with Crippen LogP contribution in [0.5, 0.6) is 0 Å². The second-order valence-corrected chi connectivity index (χ2v) is 11.5. The van der Waals surface area contributed by atoms with Crippen molar-refractivity contribution in [2.45, 2.75) is 64.6 Å². The molecular formula is C27H34ClN7O4. The number of amides is 2. The number of fused-ring (bicyclic) bond motifs is 1. The lowest BCUT2D eigenvalue weighted by molar-refractivity contribution is -0.117. The minimum atomic E-state index is -0.596. The van der Waals surface area contributed by atoms with Crippen LogP contribution in [0.2, 0.25) is 5.02 Å². The van der Waals surface area contributed by atoms with Crippen LogP contribution in [0.1, 0.15) is 52.0 Å². The van der Waals surface area contributed by atoms with Gasteiger partial charge in [0.25, 0.3) is 5.56 Å². The lowest BCUT2D eigenvalue weighted by Crippen LogP contribution is -2.49. The molecule has 39 heavy (non-hydrogen) atoms. The second-order valence-electron chi connectivity index (χ2n) is 11.1. The highest BCUT2D eigenvalue weighted by atomic mass is 35.5. The molecule has 0 unspecified atom stereocenters. The normalized spacial score (nSPS) is 18.2. The highest BCUT2D eigenvalue weighted by Gasteiger charge is 2.31.